The molecule has 0 amide bonds. The summed E-state index contributed by atoms with van der Waals surface area (Å²) in [4.78, 5) is 14.6. The summed E-state index contributed by atoms with van der Waals surface area (Å²) in [6.45, 7) is 13.0. The number of aromatic nitrogens is 4. The number of terminal acetylenes is 2. The molecule has 0 fully saturated rings. The smallest absolute Gasteiger partial charge is 0.108 e. The number of nitrogens with one attached hydrogen (secondary N) is 4. The van der Waals surface area contributed by atoms with Gasteiger partial charge in [-0.1, -0.05) is 11.8 Å². The van der Waals surface area contributed by atoms with Crippen molar-refractivity contribution in [3.8, 4) is 24.7 Å². The van der Waals surface area contributed by atoms with Crippen molar-refractivity contribution in [2.24, 2.45) is 0 Å². The van der Waals surface area contributed by atoms with E-state index in [0.717, 1.165) is 45.6 Å². The van der Waals surface area contributed by atoms with Gasteiger partial charge in [-0.25, -0.2) is 0 Å². The standard InChI is InChI=1S/C30H32N4/c1-9-29(7)23-15-11-19(31-23)27(3,4)21-13-17-25(33-21)30(8,10-2)26-18-14-22(34-26)28(5,6)20-12-16-24(29)32-20/h1-2,11-18,31-34H,3-8H3. The Balaban J connectivity index is 1.80. The van der Waals surface area contributed by atoms with Crippen molar-refractivity contribution in [1.82, 2.24) is 19.9 Å². The number of rotatable bonds is 0. The third kappa shape index (κ3) is 2.82. The maximum Gasteiger partial charge on any atom is 0.108 e. The molecule has 0 radical (unpaired) electrons. The molecule has 4 N–H and O–H groups in total. The van der Waals surface area contributed by atoms with Gasteiger partial charge in [0.2, 0.25) is 0 Å². The fourth-order valence-electron chi connectivity index (χ4n) is 5.10. The average molecular weight is 449 g/mol. The van der Waals surface area contributed by atoms with Crippen LogP contribution in [-0.2, 0) is 21.7 Å². The van der Waals surface area contributed by atoms with Crippen LogP contribution in [0.3, 0.4) is 0 Å². The quantitative estimate of drug-likeness (QED) is 0.244. The summed E-state index contributed by atoms with van der Waals surface area (Å²) >= 11 is 0. The fraction of sp³-hybridized carbons (Fsp3) is 0.333. The zero-order valence-corrected chi connectivity index (χ0v) is 20.8. The summed E-state index contributed by atoms with van der Waals surface area (Å²) in [6.07, 6.45) is 12.3. The van der Waals surface area contributed by atoms with E-state index in [2.05, 4.69) is 122 Å². The lowest BCUT2D eigenvalue weighted by molar-refractivity contribution is 0.574. The van der Waals surface area contributed by atoms with E-state index in [4.69, 9.17) is 12.8 Å². The largest absolute Gasteiger partial charge is 0.360 e. The van der Waals surface area contributed by atoms with Gasteiger partial charge in [0.05, 0.1) is 0 Å². The van der Waals surface area contributed by atoms with E-state index in [1.54, 1.807) is 0 Å². The molecule has 4 nitrogen and oxygen atoms in total. The first kappa shape index (κ1) is 22.1. The van der Waals surface area contributed by atoms with Gasteiger partial charge in [-0.15, -0.1) is 12.8 Å². The third-order valence-electron chi connectivity index (χ3n) is 8.17. The predicted octanol–water partition coefficient (Wildman–Crippen LogP) is 5.84. The first-order chi connectivity index (χ1) is 16.0. The van der Waals surface area contributed by atoms with E-state index < -0.39 is 10.8 Å². The highest BCUT2D eigenvalue weighted by Crippen LogP contribution is 2.40. The molecule has 0 saturated heterocycles. The number of H-pyrrole nitrogens is 4. The SMILES string of the molecule is C#CC1(C)c2ccc([nH]2)C(C)(C)c2ccc([nH]2)C(C)(C#C)c2ccc([nH]2)C(C)(C)c2ccc1[nH]2. The highest BCUT2D eigenvalue weighted by atomic mass is 14.9. The molecule has 1 aliphatic rings. The van der Waals surface area contributed by atoms with Crippen molar-refractivity contribution >= 4 is 0 Å². The van der Waals surface area contributed by atoms with Crippen molar-refractivity contribution < 1.29 is 0 Å². The Morgan fingerprint density at radius 3 is 0.853 bits per heavy atom. The zero-order valence-electron chi connectivity index (χ0n) is 20.8. The van der Waals surface area contributed by atoms with Gasteiger partial charge in [0, 0.05) is 56.4 Å². The van der Waals surface area contributed by atoms with Gasteiger partial charge in [0.15, 0.2) is 0 Å². The Kier molecular flexibility index (Phi) is 4.46. The van der Waals surface area contributed by atoms with Crippen LogP contribution in [0.2, 0.25) is 0 Å². The van der Waals surface area contributed by atoms with Crippen molar-refractivity contribution in [2.45, 2.75) is 63.2 Å². The maximum atomic E-state index is 6.15. The molecular weight excluding hydrogens is 416 g/mol. The Morgan fingerprint density at radius 1 is 0.441 bits per heavy atom. The molecule has 4 heteroatoms. The number of fused-ring (bicyclic) bond motifs is 8. The van der Waals surface area contributed by atoms with Crippen LogP contribution in [0.25, 0.3) is 0 Å². The summed E-state index contributed by atoms with van der Waals surface area (Å²) in [5, 5.41) is 0. The van der Waals surface area contributed by atoms with Gasteiger partial charge >= 0.3 is 0 Å². The number of aromatic amines is 4. The molecule has 172 valence electrons. The van der Waals surface area contributed by atoms with E-state index in [9.17, 15) is 0 Å². The summed E-state index contributed by atoms with van der Waals surface area (Å²) < 4.78 is 0. The van der Waals surface area contributed by atoms with E-state index >= 15 is 0 Å². The second-order valence-corrected chi connectivity index (χ2v) is 10.9. The van der Waals surface area contributed by atoms with Gasteiger partial charge in [-0.05, 0) is 90.1 Å². The number of hydrogen-bond donors (Lipinski definition) is 4. The molecule has 0 aliphatic carbocycles. The maximum absolute atomic E-state index is 6.15. The van der Waals surface area contributed by atoms with Gasteiger partial charge in [-0.2, -0.15) is 0 Å². The molecule has 0 unspecified atom stereocenters. The van der Waals surface area contributed by atoms with Crippen LogP contribution < -0.4 is 0 Å². The number of hydrogen-bond acceptors (Lipinski definition) is 0. The first-order valence-corrected chi connectivity index (χ1v) is 11.7. The second kappa shape index (κ2) is 6.87. The normalized spacial score (nSPS) is 24.8. The Morgan fingerprint density at radius 2 is 0.647 bits per heavy atom. The van der Waals surface area contributed by atoms with Crippen molar-refractivity contribution in [2.75, 3.05) is 0 Å². The zero-order chi connectivity index (χ0) is 24.5. The Hall–Kier alpha value is -3.76. The van der Waals surface area contributed by atoms with Crippen LogP contribution in [-0.4, -0.2) is 19.9 Å². The molecule has 4 aromatic heterocycles. The van der Waals surface area contributed by atoms with Crippen molar-refractivity contribution in [3.05, 3.63) is 94.1 Å². The topological polar surface area (TPSA) is 63.2 Å². The van der Waals surface area contributed by atoms with Crippen LogP contribution in [0.15, 0.2) is 48.5 Å². The minimum absolute atomic E-state index is 0.303. The minimum atomic E-state index is -0.621. The lowest BCUT2D eigenvalue weighted by atomic mass is 9.84. The lowest BCUT2D eigenvalue weighted by Crippen LogP contribution is -2.27. The van der Waals surface area contributed by atoms with Gasteiger partial charge in [0.25, 0.3) is 0 Å². The summed E-state index contributed by atoms with van der Waals surface area (Å²) in [7, 11) is 0. The van der Waals surface area contributed by atoms with E-state index in [-0.39, 0.29) is 10.8 Å². The first-order valence-electron chi connectivity index (χ1n) is 11.7. The summed E-state index contributed by atoms with van der Waals surface area (Å²) in [5.74, 6) is 6.09. The average Bonchev–Trinajstić information content (AvgIpc) is 3.63. The van der Waals surface area contributed by atoms with Crippen molar-refractivity contribution in [1.29, 1.82) is 0 Å². The second-order valence-electron chi connectivity index (χ2n) is 10.9. The molecule has 8 bridgehead atoms. The molecule has 0 atom stereocenters. The summed E-state index contributed by atoms with van der Waals surface area (Å²) in [6, 6.07) is 17.0. The van der Waals surface area contributed by atoms with Crippen LogP contribution in [0.5, 0.6) is 0 Å². The van der Waals surface area contributed by atoms with Crippen LogP contribution >= 0.6 is 0 Å². The molecular formula is C30H32N4. The molecule has 5 rings (SSSR count). The molecule has 0 spiro atoms. The molecule has 4 aromatic rings. The minimum Gasteiger partial charge on any atom is -0.360 e. The lowest BCUT2D eigenvalue weighted by Gasteiger charge is -2.27. The molecule has 0 aromatic carbocycles. The molecule has 1 aliphatic heterocycles. The predicted molar refractivity (Wildman–Crippen MR) is 138 cm³/mol. The van der Waals surface area contributed by atoms with Crippen LogP contribution in [0, 0.1) is 24.7 Å². The third-order valence-corrected chi connectivity index (χ3v) is 8.17. The highest BCUT2D eigenvalue weighted by molar-refractivity contribution is 5.48. The molecule has 0 saturated carbocycles. The van der Waals surface area contributed by atoms with Crippen LogP contribution in [0.4, 0.5) is 0 Å². The van der Waals surface area contributed by atoms with Gasteiger partial charge in [-0.3, -0.25) is 0 Å². The van der Waals surface area contributed by atoms with E-state index in [1.165, 1.54) is 0 Å². The highest BCUT2D eigenvalue weighted by Gasteiger charge is 2.38. The van der Waals surface area contributed by atoms with Gasteiger partial charge < -0.3 is 19.9 Å². The summed E-state index contributed by atoms with van der Waals surface area (Å²) in [5.41, 5.74) is 6.43. The van der Waals surface area contributed by atoms with E-state index in [1.807, 2.05) is 0 Å². The Bertz CT molecular complexity index is 1260. The Labute approximate surface area is 202 Å². The van der Waals surface area contributed by atoms with Gasteiger partial charge in [0.1, 0.15) is 10.8 Å². The molecule has 34 heavy (non-hydrogen) atoms. The molecule has 5 heterocycles. The fourth-order valence-corrected chi connectivity index (χ4v) is 5.10. The monoisotopic (exact) mass is 448 g/mol. The van der Waals surface area contributed by atoms with Crippen LogP contribution in [0.1, 0.15) is 87.1 Å². The van der Waals surface area contributed by atoms with Crippen molar-refractivity contribution in [3.63, 3.8) is 0 Å². The van der Waals surface area contributed by atoms with E-state index in [0.29, 0.717) is 0 Å².